The van der Waals surface area contributed by atoms with Crippen LogP contribution in [0.2, 0.25) is 0 Å². The Hall–Kier alpha value is -1.18. The van der Waals surface area contributed by atoms with Gasteiger partial charge in [0.15, 0.2) is 0 Å². The van der Waals surface area contributed by atoms with E-state index in [4.69, 9.17) is 9.47 Å². The van der Waals surface area contributed by atoms with Crippen molar-refractivity contribution in [3.05, 3.63) is 35.1 Å². The van der Waals surface area contributed by atoms with Crippen LogP contribution in [0.25, 0.3) is 0 Å². The van der Waals surface area contributed by atoms with Crippen LogP contribution >= 0.6 is 0 Å². The lowest BCUT2D eigenvalue weighted by molar-refractivity contribution is -0.138. The monoisotopic (exact) mass is 307 g/mol. The number of hydrogen-bond donors (Lipinski definition) is 1. The number of methoxy groups -OCH3 is 1. The molecular formula is C14H17F4NO2. The summed E-state index contributed by atoms with van der Waals surface area (Å²) in [4.78, 5) is 0. The van der Waals surface area contributed by atoms with Crippen LogP contribution in [0.4, 0.5) is 17.6 Å². The molecule has 1 aromatic rings. The van der Waals surface area contributed by atoms with E-state index in [1.165, 1.54) is 0 Å². The van der Waals surface area contributed by atoms with E-state index in [9.17, 15) is 17.6 Å². The number of benzene rings is 1. The molecule has 0 bridgehead atoms. The minimum Gasteiger partial charge on any atom is -0.378 e. The molecule has 1 aliphatic heterocycles. The molecular weight excluding hydrogens is 290 g/mol. The average molecular weight is 307 g/mol. The predicted molar refractivity (Wildman–Crippen MR) is 68.3 cm³/mol. The topological polar surface area (TPSA) is 30.5 Å². The minimum atomic E-state index is -4.57. The fourth-order valence-corrected chi connectivity index (χ4v) is 2.35. The summed E-state index contributed by atoms with van der Waals surface area (Å²) in [5.74, 6) is -0.899. The average Bonchev–Trinajstić information content (AvgIpc) is 2.89. The largest absolute Gasteiger partial charge is 0.416 e. The minimum absolute atomic E-state index is 0.00840. The van der Waals surface area contributed by atoms with Gasteiger partial charge in [0.2, 0.25) is 0 Å². The third-order valence-electron chi connectivity index (χ3n) is 3.64. The van der Waals surface area contributed by atoms with Crippen molar-refractivity contribution in [3.63, 3.8) is 0 Å². The summed E-state index contributed by atoms with van der Waals surface area (Å²) in [6.07, 6.45) is -3.89. The van der Waals surface area contributed by atoms with E-state index >= 15 is 0 Å². The van der Waals surface area contributed by atoms with Gasteiger partial charge in [-0.2, -0.15) is 13.2 Å². The van der Waals surface area contributed by atoms with Crippen molar-refractivity contribution in [1.29, 1.82) is 0 Å². The first-order valence-electron chi connectivity index (χ1n) is 6.56. The maximum absolute atomic E-state index is 13.0. The van der Waals surface area contributed by atoms with Crippen LogP contribution in [0.15, 0.2) is 18.2 Å². The van der Waals surface area contributed by atoms with Crippen LogP contribution in [0.3, 0.4) is 0 Å². The van der Waals surface area contributed by atoms with E-state index in [1.807, 2.05) is 0 Å². The van der Waals surface area contributed by atoms with Crippen LogP contribution in [0.1, 0.15) is 17.5 Å². The second kappa shape index (κ2) is 6.29. The van der Waals surface area contributed by atoms with E-state index in [0.717, 1.165) is 12.1 Å². The highest BCUT2D eigenvalue weighted by Gasteiger charge is 2.36. The number of halogens is 4. The van der Waals surface area contributed by atoms with Gasteiger partial charge in [0, 0.05) is 33.2 Å². The zero-order chi connectivity index (χ0) is 15.5. The number of ether oxygens (including phenoxy) is 2. The lowest BCUT2D eigenvalue weighted by atomic mass is 10.0. The van der Waals surface area contributed by atoms with Crippen LogP contribution < -0.4 is 5.32 Å². The van der Waals surface area contributed by atoms with Gasteiger partial charge in [0.1, 0.15) is 11.4 Å². The standard InChI is InChI=1S/C14H17F4NO2/c1-20-13(4-5-21-9-13)8-19-7-10-2-3-11(15)6-12(10)14(16,17)18/h2-3,6,19H,4-5,7-9H2,1H3. The number of nitrogens with one attached hydrogen (secondary N) is 1. The Kier molecular flexibility index (Phi) is 4.85. The van der Waals surface area contributed by atoms with Gasteiger partial charge in [-0.25, -0.2) is 4.39 Å². The Morgan fingerprint density at radius 3 is 2.71 bits per heavy atom. The maximum atomic E-state index is 13.0. The molecule has 0 radical (unpaired) electrons. The molecule has 0 aliphatic carbocycles. The normalized spacial score (nSPS) is 22.7. The van der Waals surface area contributed by atoms with Crippen LogP contribution in [-0.2, 0) is 22.2 Å². The van der Waals surface area contributed by atoms with Crippen molar-refractivity contribution in [1.82, 2.24) is 5.32 Å². The molecule has 0 aromatic heterocycles. The molecule has 1 unspecified atom stereocenters. The van der Waals surface area contributed by atoms with Gasteiger partial charge in [0.05, 0.1) is 12.2 Å². The third-order valence-corrected chi connectivity index (χ3v) is 3.64. The molecule has 1 aromatic carbocycles. The third kappa shape index (κ3) is 3.93. The van der Waals surface area contributed by atoms with E-state index in [0.29, 0.717) is 32.2 Å². The Labute approximate surface area is 120 Å². The predicted octanol–water partition coefficient (Wildman–Crippen LogP) is 2.74. The Bertz CT molecular complexity index is 484. The number of rotatable bonds is 5. The van der Waals surface area contributed by atoms with Crippen LogP contribution in [0.5, 0.6) is 0 Å². The Balaban J connectivity index is 2.03. The molecule has 118 valence electrons. The van der Waals surface area contributed by atoms with Gasteiger partial charge in [-0.15, -0.1) is 0 Å². The lowest BCUT2D eigenvalue weighted by Gasteiger charge is -2.26. The Morgan fingerprint density at radius 2 is 2.14 bits per heavy atom. The first kappa shape index (κ1) is 16.2. The van der Waals surface area contributed by atoms with Crippen molar-refractivity contribution < 1.29 is 27.0 Å². The van der Waals surface area contributed by atoms with E-state index in [2.05, 4.69) is 5.32 Å². The summed E-state index contributed by atoms with van der Waals surface area (Å²) in [7, 11) is 1.55. The molecule has 2 rings (SSSR count). The molecule has 1 N–H and O–H groups in total. The fourth-order valence-electron chi connectivity index (χ4n) is 2.35. The molecule has 3 nitrogen and oxygen atoms in total. The Morgan fingerprint density at radius 1 is 1.38 bits per heavy atom. The zero-order valence-corrected chi connectivity index (χ0v) is 11.6. The SMILES string of the molecule is COC1(CNCc2ccc(F)cc2C(F)(F)F)CCOC1. The highest BCUT2D eigenvalue weighted by molar-refractivity contribution is 5.30. The maximum Gasteiger partial charge on any atom is 0.416 e. The van der Waals surface area contributed by atoms with Crippen molar-refractivity contribution >= 4 is 0 Å². The summed E-state index contributed by atoms with van der Waals surface area (Å²) in [5, 5.41) is 2.94. The van der Waals surface area contributed by atoms with Gasteiger partial charge in [-0.3, -0.25) is 0 Å². The highest BCUT2D eigenvalue weighted by atomic mass is 19.4. The summed E-state index contributed by atoms with van der Waals surface area (Å²) < 4.78 is 62.2. The van der Waals surface area contributed by atoms with Gasteiger partial charge < -0.3 is 14.8 Å². The molecule has 0 saturated carbocycles. The summed E-state index contributed by atoms with van der Waals surface area (Å²) in [5.41, 5.74) is -1.45. The number of alkyl halides is 3. The molecule has 7 heteroatoms. The molecule has 1 saturated heterocycles. The van der Waals surface area contributed by atoms with Gasteiger partial charge in [0.25, 0.3) is 0 Å². The van der Waals surface area contributed by atoms with Crippen molar-refractivity contribution in [2.45, 2.75) is 24.7 Å². The first-order valence-corrected chi connectivity index (χ1v) is 6.56. The lowest BCUT2D eigenvalue weighted by Crippen LogP contribution is -2.42. The molecule has 1 fully saturated rings. The quantitative estimate of drug-likeness (QED) is 0.849. The second-order valence-electron chi connectivity index (χ2n) is 5.09. The van der Waals surface area contributed by atoms with Crippen molar-refractivity contribution in [3.8, 4) is 0 Å². The van der Waals surface area contributed by atoms with Gasteiger partial charge in [-0.1, -0.05) is 6.07 Å². The summed E-state index contributed by atoms with van der Waals surface area (Å²) in [6, 6.07) is 2.69. The molecule has 0 amide bonds. The van der Waals surface area contributed by atoms with Crippen molar-refractivity contribution in [2.75, 3.05) is 26.9 Å². The molecule has 0 spiro atoms. The van der Waals surface area contributed by atoms with E-state index in [1.54, 1.807) is 7.11 Å². The van der Waals surface area contributed by atoms with Crippen molar-refractivity contribution in [2.24, 2.45) is 0 Å². The number of hydrogen-bond acceptors (Lipinski definition) is 3. The highest BCUT2D eigenvalue weighted by Crippen LogP contribution is 2.32. The van der Waals surface area contributed by atoms with E-state index < -0.39 is 23.2 Å². The van der Waals surface area contributed by atoms with E-state index in [-0.39, 0.29) is 12.1 Å². The molecule has 21 heavy (non-hydrogen) atoms. The molecule has 1 heterocycles. The zero-order valence-electron chi connectivity index (χ0n) is 11.6. The fraction of sp³-hybridized carbons (Fsp3) is 0.571. The molecule has 1 aliphatic rings. The van der Waals surface area contributed by atoms with Crippen LogP contribution in [0, 0.1) is 5.82 Å². The summed E-state index contributed by atoms with van der Waals surface area (Å²) in [6.45, 7) is 1.34. The second-order valence-corrected chi connectivity index (χ2v) is 5.09. The van der Waals surface area contributed by atoms with Crippen LogP contribution in [-0.4, -0.2) is 32.5 Å². The smallest absolute Gasteiger partial charge is 0.378 e. The van der Waals surface area contributed by atoms with Gasteiger partial charge >= 0.3 is 6.18 Å². The summed E-state index contributed by atoms with van der Waals surface area (Å²) >= 11 is 0. The van der Waals surface area contributed by atoms with Gasteiger partial charge in [-0.05, 0) is 17.7 Å². The first-order chi connectivity index (χ1) is 9.86. The molecule has 1 atom stereocenters.